The smallest absolute Gasteiger partial charge is 0.289 e. The van der Waals surface area contributed by atoms with Gasteiger partial charge in [-0.1, -0.05) is 69.8 Å². The zero-order valence-corrected chi connectivity index (χ0v) is 22.8. The zero-order valence-electron chi connectivity index (χ0n) is 22.0. The first kappa shape index (κ1) is 26.2. The quantitative estimate of drug-likeness (QED) is 0.311. The topological polar surface area (TPSA) is 65.7 Å². The molecular formula is C28H37N5O2S. The molecule has 0 atom stereocenters. The van der Waals surface area contributed by atoms with E-state index in [4.69, 9.17) is 14.4 Å². The summed E-state index contributed by atoms with van der Waals surface area (Å²) in [5.41, 5.74) is 2.04. The van der Waals surface area contributed by atoms with Gasteiger partial charge in [-0.2, -0.15) is 0 Å². The maximum Gasteiger partial charge on any atom is 0.289 e. The molecule has 1 amide bonds. The number of likely N-dealkylation sites (N-methyl/N-ethyl adjacent to an activating group) is 1. The van der Waals surface area contributed by atoms with Crippen molar-refractivity contribution in [2.24, 2.45) is 0 Å². The molecule has 36 heavy (non-hydrogen) atoms. The summed E-state index contributed by atoms with van der Waals surface area (Å²) in [6.45, 7) is 14.4. The van der Waals surface area contributed by atoms with Crippen LogP contribution in [0.25, 0.3) is 0 Å². The lowest BCUT2D eigenvalue weighted by Crippen LogP contribution is -2.46. The van der Waals surface area contributed by atoms with Crippen LogP contribution in [0.2, 0.25) is 0 Å². The van der Waals surface area contributed by atoms with E-state index in [1.165, 1.54) is 0 Å². The third-order valence-corrected chi connectivity index (χ3v) is 7.30. The molecule has 7 nitrogen and oxygen atoms in total. The van der Waals surface area contributed by atoms with Gasteiger partial charge in [0.25, 0.3) is 5.91 Å². The Kier molecular flexibility index (Phi) is 8.36. The number of thioether (sulfide) groups is 1. The number of hydrogen-bond donors (Lipinski definition) is 0. The first-order valence-corrected chi connectivity index (χ1v) is 13.6. The SMILES string of the molecule is CCN1CCN(c2cc(C(C)(C)C)nc(SCc3ccc(C(=O)N(C)Cc4ccccc4)o3)n2)CC1. The van der Waals surface area contributed by atoms with E-state index in [1.807, 2.05) is 36.4 Å². The summed E-state index contributed by atoms with van der Waals surface area (Å²) < 4.78 is 5.91. The number of furan rings is 1. The van der Waals surface area contributed by atoms with Crippen molar-refractivity contribution in [2.45, 2.75) is 50.6 Å². The van der Waals surface area contributed by atoms with Crippen LogP contribution in [0.15, 0.2) is 58.1 Å². The summed E-state index contributed by atoms with van der Waals surface area (Å²) >= 11 is 1.55. The van der Waals surface area contributed by atoms with Crippen LogP contribution in [0, 0.1) is 0 Å². The van der Waals surface area contributed by atoms with Gasteiger partial charge < -0.3 is 19.1 Å². The van der Waals surface area contributed by atoms with E-state index in [2.05, 4.69) is 43.6 Å². The number of carbonyl (C=O) groups is 1. The number of hydrogen-bond acceptors (Lipinski definition) is 7. The lowest BCUT2D eigenvalue weighted by Gasteiger charge is -2.35. The van der Waals surface area contributed by atoms with E-state index in [9.17, 15) is 4.79 Å². The second-order valence-electron chi connectivity index (χ2n) is 10.3. The van der Waals surface area contributed by atoms with Gasteiger partial charge in [0.05, 0.1) is 11.4 Å². The number of amides is 1. The predicted molar refractivity (Wildman–Crippen MR) is 146 cm³/mol. The summed E-state index contributed by atoms with van der Waals surface area (Å²) in [6, 6.07) is 15.7. The van der Waals surface area contributed by atoms with Crippen LogP contribution in [-0.2, 0) is 17.7 Å². The summed E-state index contributed by atoms with van der Waals surface area (Å²) in [7, 11) is 1.79. The van der Waals surface area contributed by atoms with Crippen molar-refractivity contribution >= 4 is 23.5 Å². The molecule has 3 heterocycles. The zero-order chi connectivity index (χ0) is 25.7. The molecule has 1 saturated heterocycles. The molecule has 0 saturated carbocycles. The molecule has 0 radical (unpaired) electrons. The van der Waals surface area contributed by atoms with E-state index < -0.39 is 0 Å². The summed E-state index contributed by atoms with van der Waals surface area (Å²) in [6.07, 6.45) is 0. The number of rotatable bonds is 8. The number of carbonyl (C=O) groups excluding carboxylic acids is 1. The van der Waals surface area contributed by atoms with Crippen LogP contribution >= 0.6 is 11.8 Å². The third-order valence-electron chi connectivity index (χ3n) is 6.43. The van der Waals surface area contributed by atoms with Gasteiger partial charge in [-0.15, -0.1) is 0 Å². The van der Waals surface area contributed by atoms with Crippen LogP contribution in [-0.4, -0.2) is 65.4 Å². The molecule has 0 spiro atoms. The van der Waals surface area contributed by atoms with E-state index in [-0.39, 0.29) is 11.3 Å². The van der Waals surface area contributed by atoms with E-state index in [1.54, 1.807) is 29.8 Å². The largest absolute Gasteiger partial charge is 0.455 e. The van der Waals surface area contributed by atoms with E-state index >= 15 is 0 Å². The summed E-state index contributed by atoms with van der Waals surface area (Å²) in [4.78, 5) is 29.1. The van der Waals surface area contributed by atoms with Crippen LogP contribution in [0.4, 0.5) is 5.82 Å². The molecule has 2 aromatic heterocycles. The Balaban J connectivity index is 1.43. The Morgan fingerprint density at radius 1 is 1.06 bits per heavy atom. The highest BCUT2D eigenvalue weighted by atomic mass is 32.2. The molecule has 1 fully saturated rings. The average Bonchev–Trinajstić information content (AvgIpc) is 3.36. The number of nitrogens with zero attached hydrogens (tertiary/aromatic N) is 5. The molecule has 0 aliphatic carbocycles. The van der Waals surface area contributed by atoms with Gasteiger partial charge in [0.15, 0.2) is 10.9 Å². The third kappa shape index (κ3) is 6.68. The molecule has 0 N–H and O–H groups in total. The molecule has 0 unspecified atom stereocenters. The minimum absolute atomic E-state index is 0.0775. The molecule has 0 bridgehead atoms. The monoisotopic (exact) mass is 507 g/mol. The fourth-order valence-electron chi connectivity index (χ4n) is 4.14. The van der Waals surface area contributed by atoms with Crippen molar-refractivity contribution < 1.29 is 9.21 Å². The molecule has 3 aromatic rings. The van der Waals surface area contributed by atoms with Gasteiger partial charge in [-0.3, -0.25) is 4.79 Å². The molecular weight excluding hydrogens is 470 g/mol. The predicted octanol–water partition coefficient (Wildman–Crippen LogP) is 5.07. The first-order valence-electron chi connectivity index (χ1n) is 12.6. The van der Waals surface area contributed by atoms with Gasteiger partial charge in [0.1, 0.15) is 11.6 Å². The molecule has 8 heteroatoms. The molecule has 1 aliphatic rings. The van der Waals surface area contributed by atoms with Crippen molar-refractivity contribution in [3.05, 3.63) is 71.3 Å². The number of anilines is 1. The lowest BCUT2D eigenvalue weighted by molar-refractivity contribution is 0.0752. The Morgan fingerprint density at radius 3 is 2.44 bits per heavy atom. The van der Waals surface area contributed by atoms with Crippen molar-refractivity contribution in [3.63, 3.8) is 0 Å². The molecule has 1 aliphatic heterocycles. The van der Waals surface area contributed by atoms with E-state index in [0.29, 0.717) is 18.1 Å². The second-order valence-corrected chi connectivity index (χ2v) is 11.2. The highest BCUT2D eigenvalue weighted by Crippen LogP contribution is 2.29. The van der Waals surface area contributed by atoms with Crippen LogP contribution in [0.3, 0.4) is 0 Å². The van der Waals surface area contributed by atoms with Crippen molar-refractivity contribution in [1.82, 2.24) is 19.8 Å². The van der Waals surface area contributed by atoms with Crippen LogP contribution in [0.5, 0.6) is 0 Å². The molecule has 192 valence electrons. The van der Waals surface area contributed by atoms with Crippen molar-refractivity contribution in [1.29, 1.82) is 0 Å². The van der Waals surface area contributed by atoms with E-state index in [0.717, 1.165) is 60.7 Å². The standard InChI is InChI=1S/C28H37N5O2S/c1-6-32-14-16-33(17-15-32)25-18-24(28(2,3)4)29-27(30-25)36-20-22-12-13-23(35-22)26(34)31(5)19-21-10-8-7-9-11-21/h7-13,18H,6,14-17,19-20H2,1-5H3. The average molecular weight is 508 g/mol. The summed E-state index contributed by atoms with van der Waals surface area (Å²) in [5.74, 6) is 2.51. The van der Waals surface area contributed by atoms with Crippen LogP contribution < -0.4 is 4.90 Å². The highest BCUT2D eigenvalue weighted by Gasteiger charge is 2.23. The molecule has 4 rings (SSSR count). The number of aromatic nitrogens is 2. The lowest BCUT2D eigenvalue weighted by atomic mass is 9.92. The van der Waals surface area contributed by atoms with Crippen LogP contribution in [0.1, 0.15) is 55.3 Å². The van der Waals surface area contributed by atoms with Crippen molar-refractivity contribution in [3.8, 4) is 0 Å². The maximum atomic E-state index is 12.8. The number of piperazine rings is 1. The van der Waals surface area contributed by atoms with Crippen molar-refractivity contribution in [2.75, 3.05) is 44.7 Å². The first-order chi connectivity index (χ1) is 17.2. The fraction of sp³-hybridized carbons (Fsp3) is 0.464. The van der Waals surface area contributed by atoms with Gasteiger partial charge in [-0.05, 0) is 24.2 Å². The Bertz CT molecular complexity index is 1150. The Hall–Kier alpha value is -2.84. The normalized spacial score (nSPS) is 14.8. The highest BCUT2D eigenvalue weighted by molar-refractivity contribution is 7.98. The second kappa shape index (κ2) is 11.5. The summed E-state index contributed by atoms with van der Waals surface area (Å²) in [5, 5.41) is 0.737. The minimum Gasteiger partial charge on any atom is -0.455 e. The van der Waals surface area contributed by atoms with Gasteiger partial charge in [0.2, 0.25) is 0 Å². The minimum atomic E-state index is -0.130. The Labute approximate surface area is 218 Å². The maximum absolute atomic E-state index is 12.8. The van der Waals surface area contributed by atoms with Gasteiger partial charge in [0, 0.05) is 51.3 Å². The van der Waals surface area contributed by atoms with Gasteiger partial charge >= 0.3 is 0 Å². The molecule has 1 aromatic carbocycles. The Morgan fingerprint density at radius 2 is 1.78 bits per heavy atom. The van der Waals surface area contributed by atoms with Gasteiger partial charge in [-0.25, -0.2) is 9.97 Å². The fourth-order valence-corrected chi connectivity index (χ4v) is 4.89. The number of benzene rings is 1.